The lowest BCUT2D eigenvalue weighted by Crippen LogP contribution is -2.53. The molecule has 0 aliphatic rings. The molecule has 1 aromatic heterocycles. The van der Waals surface area contributed by atoms with Crippen LogP contribution >= 0.6 is 0 Å². The van der Waals surface area contributed by atoms with Crippen LogP contribution < -0.4 is 5.32 Å². The van der Waals surface area contributed by atoms with Crippen molar-refractivity contribution < 1.29 is 33.4 Å². The fraction of sp³-hybridized carbons (Fsp3) is 0.435. The molecule has 0 aliphatic heterocycles. The Morgan fingerprint density at radius 1 is 1.14 bits per heavy atom. The Balaban J connectivity index is 2.33. The number of amides is 2. The zero-order valence-electron chi connectivity index (χ0n) is 19.9. The van der Waals surface area contributed by atoms with E-state index in [1.165, 1.54) is 32.2 Å². The van der Waals surface area contributed by atoms with Crippen molar-refractivity contribution in [3.8, 4) is 0 Å². The lowest BCUT2D eigenvalue weighted by atomic mass is 10.0. The second-order valence-electron chi connectivity index (χ2n) is 8.33. The number of hydroxylamine groups is 2. The van der Waals surface area contributed by atoms with E-state index in [4.69, 9.17) is 0 Å². The molecule has 0 unspecified atom stereocenters. The monoisotopic (exact) mass is 508 g/mol. The summed E-state index contributed by atoms with van der Waals surface area (Å²) in [6.45, 7) is 1.35. The first kappa shape index (κ1) is 28.3. The predicted octanol–water partition coefficient (Wildman–Crippen LogP) is 0.164. The van der Waals surface area contributed by atoms with Crippen LogP contribution in [0.1, 0.15) is 35.5 Å². The number of nitrogens with zero attached hydrogens (tertiary/aromatic N) is 3. The van der Waals surface area contributed by atoms with E-state index in [0.717, 1.165) is 16.9 Å². The number of rotatable bonds is 12. The number of sulfonamides is 1. The fourth-order valence-corrected chi connectivity index (χ4v) is 4.50. The molecule has 192 valence electrons. The van der Waals surface area contributed by atoms with Crippen molar-refractivity contribution in [1.29, 1.82) is 0 Å². The highest BCUT2D eigenvalue weighted by Crippen LogP contribution is 2.14. The number of hydrogen-bond acceptors (Lipinski definition) is 8. The van der Waals surface area contributed by atoms with Crippen LogP contribution in [0.2, 0.25) is 0 Å². The number of aromatic nitrogens is 1. The van der Waals surface area contributed by atoms with Crippen LogP contribution in [-0.2, 0) is 27.8 Å². The zero-order chi connectivity index (χ0) is 26.2. The number of likely N-dealkylation sites (N-methyl/N-ethyl adjacent to an activating group) is 1. The zero-order valence-corrected chi connectivity index (χ0v) is 20.7. The van der Waals surface area contributed by atoms with E-state index in [0.29, 0.717) is 5.69 Å². The van der Waals surface area contributed by atoms with Gasteiger partial charge >= 0.3 is 0 Å². The number of nitrogens with one attached hydrogen (secondary N) is 1. The first-order chi connectivity index (χ1) is 16.4. The van der Waals surface area contributed by atoms with Crippen LogP contribution in [0, 0.1) is 0 Å². The molecule has 2 atom stereocenters. The molecule has 2 rings (SSSR count). The number of aliphatic hydroxyl groups excluding tert-OH is 2. The Morgan fingerprint density at radius 2 is 1.80 bits per heavy atom. The molecule has 0 spiro atoms. The van der Waals surface area contributed by atoms with Crippen molar-refractivity contribution in [2.24, 2.45) is 0 Å². The van der Waals surface area contributed by atoms with Gasteiger partial charge in [-0.1, -0.05) is 30.3 Å². The third-order valence-corrected chi connectivity index (χ3v) is 7.53. The van der Waals surface area contributed by atoms with Crippen LogP contribution in [0.4, 0.5) is 0 Å². The molecular weight excluding hydrogens is 476 g/mol. The van der Waals surface area contributed by atoms with Gasteiger partial charge in [-0.15, -0.1) is 0 Å². The molecular formula is C23H32N4O7S. The van der Waals surface area contributed by atoms with E-state index in [9.17, 15) is 33.4 Å². The molecule has 11 nitrogen and oxygen atoms in total. The predicted molar refractivity (Wildman–Crippen MR) is 128 cm³/mol. The summed E-state index contributed by atoms with van der Waals surface area (Å²) in [7, 11) is -2.92. The van der Waals surface area contributed by atoms with Gasteiger partial charge in [-0.25, -0.2) is 13.5 Å². The highest BCUT2D eigenvalue weighted by atomic mass is 32.2. The minimum absolute atomic E-state index is 0.176. The Hall–Kier alpha value is -2.90. The van der Waals surface area contributed by atoms with Gasteiger partial charge in [0, 0.05) is 25.4 Å². The summed E-state index contributed by atoms with van der Waals surface area (Å²) in [6.07, 6.45) is 0.148. The van der Waals surface area contributed by atoms with Crippen molar-refractivity contribution in [3.05, 3.63) is 65.5 Å². The van der Waals surface area contributed by atoms with Gasteiger partial charge < -0.3 is 15.5 Å². The van der Waals surface area contributed by atoms with E-state index >= 15 is 0 Å². The van der Waals surface area contributed by atoms with E-state index in [-0.39, 0.29) is 23.7 Å². The first-order valence-electron chi connectivity index (χ1n) is 11.0. The average molecular weight is 509 g/mol. The highest BCUT2D eigenvalue weighted by molar-refractivity contribution is 7.89. The number of hydrogen-bond donors (Lipinski definition) is 4. The molecule has 2 amide bonds. The average Bonchev–Trinajstić information content (AvgIpc) is 2.83. The number of benzene rings is 1. The maximum atomic E-state index is 12.9. The molecule has 0 saturated carbocycles. The largest absolute Gasteiger partial charge is 0.390 e. The maximum Gasteiger partial charge on any atom is 0.260 e. The SMILES string of the molecule is CC(C)S(=O)(=O)N(CC(=O)N(C)O)C[C@@H](O)[C@H](Cc1ccccc1)NC(=O)c1ccnc(CO)c1. The Labute approximate surface area is 205 Å². The van der Waals surface area contributed by atoms with Gasteiger partial charge in [-0.05, 0) is 38.0 Å². The summed E-state index contributed by atoms with van der Waals surface area (Å²) in [5.74, 6) is -1.43. The lowest BCUT2D eigenvalue weighted by molar-refractivity contribution is -0.159. The quantitative estimate of drug-likeness (QED) is 0.233. The van der Waals surface area contributed by atoms with E-state index in [1.807, 2.05) is 6.07 Å². The van der Waals surface area contributed by atoms with Crippen molar-refractivity contribution in [1.82, 2.24) is 19.7 Å². The van der Waals surface area contributed by atoms with Crippen molar-refractivity contribution >= 4 is 21.8 Å². The third-order valence-electron chi connectivity index (χ3n) is 5.34. The molecule has 1 heterocycles. The van der Waals surface area contributed by atoms with Gasteiger partial charge in [0.25, 0.3) is 11.8 Å². The molecule has 0 bridgehead atoms. The third kappa shape index (κ3) is 8.08. The van der Waals surface area contributed by atoms with Gasteiger partial charge in [0.2, 0.25) is 10.0 Å². The Morgan fingerprint density at radius 3 is 2.37 bits per heavy atom. The van der Waals surface area contributed by atoms with Crippen LogP contribution in [0.5, 0.6) is 0 Å². The molecule has 1 aromatic carbocycles. The number of carbonyl (C=O) groups is 2. The topological polar surface area (TPSA) is 160 Å². The molecule has 0 radical (unpaired) electrons. The summed E-state index contributed by atoms with van der Waals surface area (Å²) in [6, 6.07) is 10.9. The molecule has 2 aromatic rings. The molecule has 0 fully saturated rings. The highest BCUT2D eigenvalue weighted by Gasteiger charge is 2.33. The van der Waals surface area contributed by atoms with Crippen LogP contribution in [0.25, 0.3) is 0 Å². The van der Waals surface area contributed by atoms with Gasteiger partial charge in [0.15, 0.2) is 0 Å². The number of pyridine rings is 1. The van der Waals surface area contributed by atoms with Gasteiger partial charge in [-0.2, -0.15) is 4.31 Å². The Kier molecular flexibility index (Phi) is 10.3. The fourth-order valence-electron chi connectivity index (χ4n) is 3.25. The normalized spacial score (nSPS) is 13.5. The second kappa shape index (κ2) is 12.7. The molecule has 4 N–H and O–H groups in total. The summed E-state index contributed by atoms with van der Waals surface area (Å²) < 4.78 is 26.5. The summed E-state index contributed by atoms with van der Waals surface area (Å²) in [4.78, 5) is 28.9. The number of carbonyl (C=O) groups excluding carboxylic acids is 2. The summed E-state index contributed by atoms with van der Waals surface area (Å²) >= 11 is 0. The lowest BCUT2D eigenvalue weighted by Gasteiger charge is -2.30. The van der Waals surface area contributed by atoms with E-state index < -0.39 is 52.3 Å². The molecule has 35 heavy (non-hydrogen) atoms. The molecule has 0 saturated heterocycles. The van der Waals surface area contributed by atoms with Crippen molar-refractivity contribution in [2.75, 3.05) is 20.1 Å². The van der Waals surface area contributed by atoms with Crippen LogP contribution in [-0.4, -0.2) is 87.5 Å². The standard InChI is InChI=1S/C23H32N4O7S/c1-16(2)35(33,34)27(14-22(30)26(3)32)13-21(29)20(11-17-7-5-4-6-8-17)25-23(31)18-9-10-24-19(12-18)15-28/h4-10,12,16,20-21,28-29,32H,11,13-15H2,1-3H3,(H,25,31)/t20-,21+/m0/s1. The number of aliphatic hydroxyl groups is 2. The minimum Gasteiger partial charge on any atom is -0.390 e. The van der Waals surface area contributed by atoms with Crippen LogP contribution in [0.15, 0.2) is 48.7 Å². The van der Waals surface area contributed by atoms with Gasteiger partial charge in [0.1, 0.15) is 0 Å². The van der Waals surface area contributed by atoms with Gasteiger partial charge in [-0.3, -0.25) is 19.8 Å². The minimum atomic E-state index is -3.99. The summed E-state index contributed by atoms with van der Waals surface area (Å²) in [5, 5.41) is 31.9. The maximum absolute atomic E-state index is 12.9. The van der Waals surface area contributed by atoms with Crippen LogP contribution in [0.3, 0.4) is 0 Å². The van der Waals surface area contributed by atoms with Crippen molar-refractivity contribution in [2.45, 2.75) is 44.3 Å². The molecule has 12 heteroatoms. The van der Waals surface area contributed by atoms with E-state index in [2.05, 4.69) is 10.3 Å². The first-order valence-corrected chi connectivity index (χ1v) is 12.5. The van der Waals surface area contributed by atoms with Gasteiger partial charge in [0.05, 0.1) is 36.2 Å². The van der Waals surface area contributed by atoms with Crippen molar-refractivity contribution in [3.63, 3.8) is 0 Å². The Bertz CT molecular complexity index is 1090. The second-order valence-corrected chi connectivity index (χ2v) is 10.8. The smallest absolute Gasteiger partial charge is 0.260 e. The molecule has 0 aliphatic carbocycles. The van der Waals surface area contributed by atoms with E-state index in [1.54, 1.807) is 24.3 Å². The summed E-state index contributed by atoms with van der Waals surface area (Å²) in [5.41, 5.74) is 1.28.